The predicted octanol–water partition coefficient (Wildman–Crippen LogP) is 6.35. The molecule has 0 unspecified atom stereocenters. The van der Waals surface area contributed by atoms with Gasteiger partial charge in [0.1, 0.15) is 0 Å². The van der Waals surface area contributed by atoms with Gasteiger partial charge in [-0.1, -0.05) is 52.3 Å². The fourth-order valence-electron chi connectivity index (χ4n) is 2.08. The Balaban J connectivity index is 1.90. The molecule has 0 saturated carbocycles. The Bertz CT molecular complexity index is 821. The summed E-state index contributed by atoms with van der Waals surface area (Å²) in [5.74, 6) is -0.303. The molecule has 0 atom stereocenters. The normalized spacial score (nSPS) is 11.7. The first kappa shape index (κ1) is 15.1. The van der Waals surface area contributed by atoms with E-state index in [0.717, 1.165) is 26.9 Å². The second-order valence-electron chi connectivity index (χ2n) is 4.89. The van der Waals surface area contributed by atoms with Crippen molar-refractivity contribution in [1.82, 2.24) is 4.98 Å². The second-order valence-corrected chi connectivity index (χ2v) is 6.67. The maximum absolute atomic E-state index is 14.4. The maximum atomic E-state index is 14.4. The molecule has 1 nitrogen and oxygen atoms in total. The van der Waals surface area contributed by atoms with Gasteiger partial charge in [0.2, 0.25) is 0 Å². The second kappa shape index (κ2) is 6.55. The van der Waals surface area contributed by atoms with Gasteiger partial charge in [0, 0.05) is 15.4 Å². The summed E-state index contributed by atoms with van der Waals surface area (Å²) in [5, 5.41) is 2.28. The highest BCUT2D eigenvalue weighted by atomic mass is 79.9. The molecule has 110 valence electrons. The van der Waals surface area contributed by atoms with Crippen LogP contribution in [0.15, 0.2) is 58.4 Å². The van der Waals surface area contributed by atoms with E-state index < -0.39 is 0 Å². The van der Waals surface area contributed by atoms with E-state index in [0.29, 0.717) is 5.01 Å². The number of hydrogen-bond acceptors (Lipinski definition) is 2. The molecule has 1 aromatic heterocycles. The summed E-state index contributed by atoms with van der Waals surface area (Å²) in [5.41, 5.74) is 3.69. The molecule has 0 spiro atoms. The average molecular weight is 374 g/mol. The van der Waals surface area contributed by atoms with Crippen molar-refractivity contribution < 1.29 is 4.39 Å². The van der Waals surface area contributed by atoms with Crippen molar-refractivity contribution in [3.63, 3.8) is 0 Å². The minimum atomic E-state index is -0.303. The lowest BCUT2D eigenvalue weighted by atomic mass is 10.1. The lowest BCUT2D eigenvalue weighted by molar-refractivity contribution is 0.763. The van der Waals surface area contributed by atoms with Crippen LogP contribution in [0.1, 0.15) is 16.1 Å². The van der Waals surface area contributed by atoms with Crippen molar-refractivity contribution in [1.29, 1.82) is 0 Å². The van der Waals surface area contributed by atoms with E-state index in [1.807, 2.05) is 60.8 Å². The molecule has 0 fully saturated rings. The van der Waals surface area contributed by atoms with Crippen molar-refractivity contribution >= 4 is 39.2 Å². The highest BCUT2D eigenvalue weighted by Gasteiger charge is 2.09. The van der Waals surface area contributed by atoms with E-state index in [4.69, 9.17) is 0 Å². The van der Waals surface area contributed by atoms with Crippen LogP contribution in [-0.2, 0) is 0 Å². The van der Waals surface area contributed by atoms with E-state index in [9.17, 15) is 4.39 Å². The van der Waals surface area contributed by atoms with Crippen LogP contribution >= 0.6 is 27.3 Å². The molecular formula is C18H13BrFNS. The molecule has 22 heavy (non-hydrogen) atoms. The zero-order valence-corrected chi connectivity index (χ0v) is 14.3. The van der Waals surface area contributed by atoms with Gasteiger partial charge in [-0.25, -0.2) is 9.37 Å². The lowest BCUT2D eigenvalue weighted by Gasteiger charge is -1.99. The quantitative estimate of drug-likeness (QED) is 0.521. The zero-order valence-electron chi connectivity index (χ0n) is 11.9. The Labute approximate surface area is 141 Å². The van der Waals surface area contributed by atoms with Gasteiger partial charge in [0.15, 0.2) is 10.8 Å². The number of nitrogens with zero attached hydrogens (tertiary/aromatic N) is 1. The van der Waals surface area contributed by atoms with Crippen molar-refractivity contribution in [2.75, 3.05) is 0 Å². The summed E-state index contributed by atoms with van der Waals surface area (Å²) in [4.78, 5) is 4.40. The lowest BCUT2D eigenvalue weighted by Crippen LogP contribution is -1.82. The molecule has 2 aromatic carbocycles. The molecular weight excluding hydrogens is 361 g/mol. The van der Waals surface area contributed by atoms with E-state index in [1.54, 1.807) is 6.08 Å². The molecule has 0 aliphatic heterocycles. The number of rotatable bonds is 3. The number of halogens is 2. The highest BCUT2D eigenvalue weighted by molar-refractivity contribution is 9.10. The van der Waals surface area contributed by atoms with Gasteiger partial charge >= 0.3 is 0 Å². The summed E-state index contributed by atoms with van der Waals surface area (Å²) in [6.45, 7) is 1.97. The van der Waals surface area contributed by atoms with Gasteiger partial charge in [-0.2, -0.15) is 0 Å². The van der Waals surface area contributed by atoms with E-state index >= 15 is 0 Å². The van der Waals surface area contributed by atoms with Gasteiger partial charge < -0.3 is 0 Å². The third-order valence-corrected chi connectivity index (χ3v) is 4.70. The van der Waals surface area contributed by atoms with Gasteiger partial charge in [0.05, 0.1) is 5.69 Å². The Morgan fingerprint density at radius 2 is 1.86 bits per heavy atom. The van der Waals surface area contributed by atoms with Crippen LogP contribution in [0, 0.1) is 6.92 Å². The van der Waals surface area contributed by atoms with Crippen LogP contribution in [0.3, 0.4) is 0 Å². The smallest absolute Gasteiger partial charge is 0.159 e. The van der Waals surface area contributed by atoms with Gasteiger partial charge in [0.25, 0.3) is 0 Å². The van der Waals surface area contributed by atoms with Crippen molar-refractivity contribution in [3.8, 4) is 11.3 Å². The molecule has 0 aliphatic rings. The number of hydrogen-bond donors (Lipinski definition) is 0. The van der Waals surface area contributed by atoms with Crippen LogP contribution < -0.4 is 0 Å². The Morgan fingerprint density at radius 3 is 2.59 bits per heavy atom. The van der Waals surface area contributed by atoms with Crippen molar-refractivity contribution in [2.45, 2.75) is 6.92 Å². The largest absolute Gasteiger partial charge is 0.234 e. The summed E-state index contributed by atoms with van der Waals surface area (Å²) in [6, 6.07) is 15.5. The van der Waals surface area contributed by atoms with Gasteiger partial charge in [-0.05, 0) is 36.3 Å². The third kappa shape index (κ3) is 3.34. The van der Waals surface area contributed by atoms with Gasteiger partial charge in [-0.15, -0.1) is 11.3 Å². The first-order valence-corrected chi connectivity index (χ1v) is 8.45. The molecule has 0 amide bonds. The van der Waals surface area contributed by atoms with E-state index in [-0.39, 0.29) is 5.83 Å². The SMILES string of the molecule is Cc1ccccc1C=C(F)c1nc(-c2ccc(Br)cc2)cs1. The molecule has 0 radical (unpaired) electrons. The van der Waals surface area contributed by atoms with E-state index in [1.165, 1.54) is 11.3 Å². The Hall–Kier alpha value is -1.78. The zero-order chi connectivity index (χ0) is 15.5. The summed E-state index contributed by atoms with van der Waals surface area (Å²) in [7, 11) is 0. The Morgan fingerprint density at radius 1 is 1.14 bits per heavy atom. The monoisotopic (exact) mass is 373 g/mol. The molecule has 0 aliphatic carbocycles. The summed E-state index contributed by atoms with van der Waals surface area (Å²) < 4.78 is 15.4. The molecule has 3 rings (SSSR count). The molecule has 0 N–H and O–H groups in total. The Kier molecular flexibility index (Phi) is 4.50. The topological polar surface area (TPSA) is 12.9 Å². The van der Waals surface area contributed by atoms with Crippen LogP contribution in [-0.4, -0.2) is 4.98 Å². The van der Waals surface area contributed by atoms with Crippen LogP contribution in [0.25, 0.3) is 23.2 Å². The minimum Gasteiger partial charge on any atom is -0.234 e. The molecule has 0 saturated heterocycles. The first-order chi connectivity index (χ1) is 10.6. The predicted molar refractivity (Wildman–Crippen MR) is 95.4 cm³/mol. The van der Waals surface area contributed by atoms with Crippen LogP contribution in [0.4, 0.5) is 4.39 Å². The van der Waals surface area contributed by atoms with Crippen LogP contribution in [0.2, 0.25) is 0 Å². The summed E-state index contributed by atoms with van der Waals surface area (Å²) in [6.07, 6.45) is 1.54. The molecule has 1 heterocycles. The number of benzene rings is 2. The molecule has 3 aromatic rings. The number of thiazole rings is 1. The third-order valence-electron chi connectivity index (χ3n) is 3.32. The number of aromatic nitrogens is 1. The molecule has 4 heteroatoms. The average Bonchev–Trinajstić information content (AvgIpc) is 3.00. The first-order valence-electron chi connectivity index (χ1n) is 6.78. The highest BCUT2D eigenvalue weighted by Crippen LogP contribution is 2.29. The van der Waals surface area contributed by atoms with Gasteiger partial charge in [-0.3, -0.25) is 0 Å². The van der Waals surface area contributed by atoms with E-state index in [2.05, 4.69) is 20.9 Å². The maximum Gasteiger partial charge on any atom is 0.159 e. The van der Waals surface area contributed by atoms with Crippen molar-refractivity contribution in [3.05, 3.63) is 74.5 Å². The fraction of sp³-hybridized carbons (Fsp3) is 0.0556. The van der Waals surface area contributed by atoms with Crippen LogP contribution in [0.5, 0.6) is 0 Å². The standard InChI is InChI=1S/C18H13BrFNS/c1-12-4-2-3-5-14(12)10-16(20)18-21-17(11-22-18)13-6-8-15(19)9-7-13/h2-11H,1H3. The molecule has 0 bridgehead atoms. The minimum absolute atomic E-state index is 0.303. The van der Waals surface area contributed by atoms with Crippen molar-refractivity contribution in [2.24, 2.45) is 0 Å². The fourth-order valence-corrected chi connectivity index (χ4v) is 3.08. The number of aryl methyl sites for hydroxylation is 1. The summed E-state index contributed by atoms with van der Waals surface area (Å²) >= 11 is 4.72.